The van der Waals surface area contributed by atoms with E-state index in [1.165, 1.54) is 6.92 Å². The fourth-order valence-electron chi connectivity index (χ4n) is 4.28. The molecular formula is C28H24ClNO5. The molecule has 4 aromatic rings. The predicted octanol–water partition coefficient (Wildman–Crippen LogP) is 5.99. The average Bonchev–Trinajstić information content (AvgIpc) is 3.13. The zero-order valence-corrected chi connectivity index (χ0v) is 20.4. The van der Waals surface area contributed by atoms with Crippen LogP contribution in [-0.4, -0.2) is 29.5 Å². The van der Waals surface area contributed by atoms with Crippen LogP contribution in [0.2, 0.25) is 5.02 Å². The molecule has 1 heterocycles. The van der Waals surface area contributed by atoms with Crippen molar-refractivity contribution in [2.45, 2.75) is 26.7 Å². The molecule has 0 amide bonds. The first-order valence-corrected chi connectivity index (χ1v) is 11.5. The summed E-state index contributed by atoms with van der Waals surface area (Å²) in [7, 11) is 1.60. The standard InChI is InChI=1S/C28H24ClNO5/c1-17-27(23-7-5-4-6-19(23)10-15-26(32)35-18(2)31)24-16-22(34-3)13-14-25(24)30(17)28(33)20-8-11-21(29)12-9-20/h4-9,11-14,16H,10,15H2,1-3H3. The van der Waals surface area contributed by atoms with Crippen LogP contribution >= 0.6 is 11.6 Å². The fraction of sp³-hybridized carbons (Fsp3) is 0.179. The molecule has 0 spiro atoms. The van der Waals surface area contributed by atoms with E-state index in [1.54, 1.807) is 35.9 Å². The zero-order chi connectivity index (χ0) is 25.1. The van der Waals surface area contributed by atoms with Gasteiger partial charge in [-0.05, 0) is 66.9 Å². The maximum absolute atomic E-state index is 13.6. The minimum absolute atomic E-state index is 0.0569. The van der Waals surface area contributed by atoms with Crippen LogP contribution in [0.4, 0.5) is 0 Å². The first kappa shape index (κ1) is 24.2. The van der Waals surface area contributed by atoms with Crippen LogP contribution in [-0.2, 0) is 20.7 Å². The lowest BCUT2D eigenvalue weighted by Gasteiger charge is -2.11. The van der Waals surface area contributed by atoms with Gasteiger partial charge < -0.3 is 9.47 Å². The van der Waals surface area contributed by atoms with E-state index in [0.717, 1.165) is 33.3 Å². The molecule has 178 valence electrons. The Morgan fingerprint density at radius 1 is 0.971 bits per heavy atom. The van der Waals surface area contributed by atoms with E-state index in [-0.39, 0.29) is 12.3 Å². The number of methoxy groups -OCH3 is 1. The first-order chi connectivity index (χ1) is 16.8. The van der Waals surface area contributed by atoms with Gasteiger partial charge in [-0.25, -0.2) is 0 Å². The lowest BCUT2D eigenvalue weighted by atomic mass is 9.94. The van der Waals surface area contributed by atoms with Gasteiger partial charge in [-0.3, -0.25) is 19.0 Å². The van der Waals surface area contributed by atoms with Gasteiger partial charge in [0.05, 0.1) is 19.0 Å². The summed E-state index contributed by atoms with van der Waals surface area (Å²) in [5.74, 6) is -0.721. The molecule has 0 N–H and O–H groups in total. The van der Waals surface area contributed by atoms with Crippen molar-refractivity contribution in [3.63, 3.8) is 0 Å². The Kier molecular flexibility index (Phi) is 7.03. The molecule has 0 aliphatic carbocycles. The van der Waals surface area contributed by atoms with Gasteiger partial charge in [-0.1, -0.05) is 35.9 Å². The second-order valence-corrected chi connectivity index (χ2v) is 8.55. The normalized spacial score (nSPS) is 10.9. The third-order valence-corrected chi connectivity index (χ3v) is 6.10. The molecule has 0 atom stereocenters. The number of benzene rings is 3. The molecule has 4 rings (SSSR count). The maximum atomic E-state index is 13.6. The van der Waals surface area contributed by atoms with Crippen molar-refractivity contribution < 1.29 is 23.9 Å². The molecule has 35 heavy (non-hydrogen) atoms. The van der Waals surface area contributed by atoms with Crippen molar-refractivity contribution >= 4 is 40.3 Å². The van der Waals surface area contributed by atoms with Gasteiger partial charge in [-0.2, -0.15) is 0 Å². The number of aromatic nitrogens is 1. The van der Waals surface area contributed by atoms with E-state index in [0.29, 0.717) is 22.8 Å². The number of carbonyl (C=O) groups excluding carboxylic acids is 3. The number of halogens is 1. The molecule has 0 fully saturated rings. The van der Waals surface area contributed by atoms with Crippen LogP contribution in [0.3, 0.4) is 0 Å². The summed E-state index contributed by atoms with van der Waals surface area (Å²) in [4.78, 5) is 36.7. The van der Waals surface area contributed by atoms with Crippen molar-refractivity contribution in [3.05, 3.63) is 88.6 Å². The van der Waals surface area contributed by atoms with E-state index in [2.05, 4.69) is 4.74 Å². The number of hydrogen-bond acceptors (Lipinski definition) is 5. The summed E-state index contributed by atoms with van der Waals surface area (Å²) in [6.07, 6.45) is 0.435. The molecule has 0 unspecified atom stereocenters. The monoisotopic (exact) mass is 489 g/mol. The zero-order valence-electron chi connectivity index (χ0n) is 19.6. The molecule has 0 saturated heterocycles. The van der Waals surface area contributed by atoms with E-state index >= 15 is 0 Å². The summed E-state index contributed by atoms with van der Waals surface area (Å²) in [6, 6.07) is 20.1. The topological polar surface area (TPSA) is 74.6 Å². The lowest BCUT2D eigenvalue weighted by molar-refractivity contribution is -0.157. The molecule has 0 aliphatic rings. The average molecular weight is 490 g/mol. The van der Waals surface area contributed by atoms with E-state index in [9.17, 15) is 14.4 Å². The maximum Gasteiger partial charge on any atom is 0.313 e. The van der Waals surface area contributed by atoms with E-state index in [1.807, 2.05) is 49.4 Å². The summed E-state index contributed by atoms with van der Waals surface area (Å²) in [6.45, 7) is 3.10. The predicted molar refractivity (Wildman–Crippen MR) is 135 cm³/mol. The van der Waals surface area contributed by atoms with Crippen molar-refractivity contribution in [2.75, 3.05) is 7.11 Å². The number of esters is 2. The summed E-state index contributed by atoms with van der Waals surface area (Å²) in [5.41, 5.74) is 4.67. The van der Waals surface area contributed by atoms with Gasteiger partial charge in [-0.15, -0.1) is 0 Å². The van der Waals surface area contributed by atoms with Crippen LogP contribution in [0.15, 0.2) is 66.7 Å². The minimum Gasteiger partial charge on any atom is -0.497 e. The van der Waals surface area contributed by atoms with Crippen LogP contribution in [0, 0.1) is 6.92 Å². The Bertz CT molecular complexity index is 1440. The van der Waals surface area contributed by atoms with Crippen LogP contribution < -0.4 is 4.74 Å². The SMILES string of the molecule is COc1ccc2c(c1)c(-c1ccccc1CCC(=O)OC(C)=O)c(C)n2C(=O)c1ccc(Cl)cc1. The van der Waals surface area contributed by atoms with Crippen molar-refractivity contribution in [3.8, 4) is 16.9 Å². The molecule has 1 aromatic heterocycles. The number of carbonyl (C=O) groups is 3. The van der Waals surface area contributed by atoms with Crippen LogP contribution in [0.5, 0.6) is 5.75 Å². The highest BCUT2D eigenvalue weighted by Crippen LogP contribution is 2.39. The number of aryl methyl sites for hydroxylation is 1. The third-order valence-electron chi connectivity index (χ3n) is 5.85. The summed E-state index contributed by atoms with van der Waals surface area (Å²) in [5, 5.41) is 1.40. The van der Waals surface area contributed by atoms with Crippen LogP contribution in [0.25, 0.3) is 22.0 Å². The number of fused-ring (bicyclic) bond motifs is 1. The Balaban J connectivity index is 1.87. The van der Waals surface area contributed by atoms with Gasteiger partial charge >= 0.3 is 11.9 Å². The third kappa shape index (κ3) is 4.98. The molecule has 0 saturated carbocycles. The van der Waals surface area contributed by atoms with Crippen molar-refractivity contribution in [2.24, 2.45) is 0 Å². The van der Waals surface area contributed by atoms with Gasteiger partial charge in [0.25, 0.3) is 5.91 Å². The molecule has 3 aromatic carbocycles. The van der Waals surface area contributed by atoms with Gasteiger partial charge in [0.15, 0.2) is 0 Å². The highest BCUT2D eigenvalue weighted by Gasteiger charge is 2.23. The minimum atomic E-state index is -0.630. The molecular weight excluding hydrogens is 466 g/mol. The Morgan fingerprint density at radius 3 is 2.37 bits per heavy atom. The second-order valence-electron chi connectivity index (χ2n) is 8.11. The number of hydrogen-bond donors (Lipinski definition) is 0. The molecule has 0 bridgehead atoms. The first-order valence-electron chi connectivity index (χ1n) is 11.1. The Labute approximate surface area is 208 Å². The van der Waals surface area contributed by atoms with Crippen molar-refractivity contribution in [1.29, 1.82) is 0 Å². The smallest absolute Gasteiger partial charge is 0.313 e. The highest BCUT2D eigenvalue weighted by atomic mass is 35.5. The van der Waals surface area contributed by atoms with Gasteiger partial charge in [0.1, 0.15) is 5.75 Å². The Morgan fingerprint density at radius 2 is 1.69 bits per heavy atom. The van der Waals surface area contributed by atoms with E-state index in [4.69, 9.17) is 16.3 Å². The lowest BCUT2D eigenvalue weighted by Crippen LogP contribution is -2.13. The molecule has 0 aliphatic heterocycles. The largest absolute Gasteiger partial charge is 0.497 e. The van der Waals surface area contributed by atoms with Crippen LogP contribution in [0.1, 0.15) is 35.0 Å². The Hall–Kier alpha value is -3.90. The number of ether oxygens (including phenoxy) is 2. The molecule has 7 heteroatoms. The summed E-state index contributed by atoms with van der Waals surface area (Å²) < 4.78 is 11.8. The van der Waals surface area contributed by atoms with Crippen molar-refractivity contribution in [1.82, 2.24) is 4.57 Å². The second kappa shape index (κ2) is 10.2. The molecule has 6 nitrogen and oxygen atoms in total. The highest BCUT2D eigenvalue weighted by molar-refractivity contribution is 6.30. The van der Waals surface area contributed by atoms with Gasteiger partial charge in [0, 0.05) is 34.2 Å². The number of nitrogens with zero attached hydrogens (tertiary/aromatic N) is 1. The van der Waals surface area contributed by atoms with Gasteiger partial charge in [0.2, 0.25) is 0 Å². The molecule has 0 radical (unpaired) electrons. The van der Waals surface area contributed by atoms with E-state index < -0.39 is 11.9 Å². The quantitative estimate of drug-likeness (QED) is 0.245. The number of rotatable bonds is 6. The fourth-order valence-corrected chi connectivity index (χ4v) is 4.40. The summed E-state index contributed by atoms with van der Waals surface area (Å²) >= 11 is 6.02.